The molecule has 22 aromatic rings. The fourth-order valence-electron chi connectivity index (χ4n) is 18.0. The molecule has 22 rings (SSSR count). The number of nitrogens with zero attached hydrogens (tertiary/aromatic N) is 4. The van der Waals surface area contributed by atoms with E-state index < -0.39 is 0 Å². The van der Waals surface area contributed by atoms with Crippen LogP contribution in [0.2, 0.25) is 0 Å². The Morgan fingerprint density at radius 3 is 1.04 bits per heavy atom. The largest absolute Gasteiger partial charge is 0.292 e. The van der Waals surface area contributed by atoms with Gasteiger partial charge < -0.3 is 0 Å². The molecule has 0 unspecified atom stereocenters. The first-order chi connectivity index (χ1) is 56.5. The van der Waals surface area contributed by atoms with Gasteiger partial charge in [-0.15, -0.1) is 0 Å². The highest BCUT2D eigenvalue weighted by atomic mass is 15.1. The number of imidazole rings is 2. The number of aromatic nitrogens is 4. The summed E-state index contributed by atoms with van der Waals surface area (Å²) in [6, 6.07) is 156. The third kappa shape index (κ3) is 11.2. The lowest BCUT2D eigenvalue weighted by atomic mass is 9.81. The van der Waals surface area contributed by atoms with Crippen LogP contribution in [0, 0.1) is 0 Å². The molecule has 0 saturated carbocycles. The van der Waals surface area contributed by atoms with Gasteiger partial charge in [0, 0.05) is 28.1 Å². The van der Waals surface area contributed by atoms with Crippen molar-refractivity contribution in [3.8, 4) is 134 Å². The van der Waals surface area contributed by atoms with Crippen molar-refractivity contribution in [3.05, 3.63) is 425 Å². The summed E-state index contributed by atoms with van der Waals surface area (Å²) in [5.41, 5.74) is 29.1. The van der Waals surface area contributed by atoms with Crippen molar-refractivity contribution in [3.63, 3.8) is 0 Å². The summed E-state index contributed by atoms with van der Waals surface area (Å²) < 4.78 is 4.60. The Hall–Kier alpha value is -15.1. The van der Waals surface area contributed by atoms with E-state index in [0.29, 0.717) is 0 Å². The molecule has 114 heavy (non-hydrogen) atoms. The van der Waals surface area contributed by atoms with Crippen molar-refractivity contribution in [1.82, 2.24) is 19.1 Å². The first-order valence-corrected chi connectivity index (χ1v) is 39.2. The third-order valence-corrected chi connectivity index (χ3v) is 23.3. The van der Waals surface area contributed by atoms with E-state index in [4.69, 9.17) is 9.97 Å². The van der Waals surface area contributed by atoms with Crippen molar-refractivity contribution in [2.24, 2.45) is 0 Å². The Morgan fingerprint density at radius 1 is 0.167 bits per heavy atom. The number of para-hydroxylation sites is 5. The van der Waals surface area contributed by atoms with Crippen LogP contribution in [0.25, 0.3) is 221 Å². The average molecular weight is 1450 g/mol. The third-order valence-electron chi connectivity index (χ3n) is 23.3. The van der Waals surface area contributed by atoms with Crippen LogP contribution in [0.5, 0.6) is 0 Å². The van der Waals surface area contributed by atoms with E-state index in [1.165, 1.54) is 115 Å². The van der Waals surface area contributed by atoms with E-state index in [1.807, 2.05) is 0 Å². The predicted molar refractivity (Wildman–Crippen MR) is 481 cm³/mol. The van der Waals surface area contributed by atoms with Gasteiger partial charge in [0.15, 0.2) is 0 Å². The van der Waals surface area contributed by atoms with Gasteiger partial charge in [0.1, 0.15) is 11.6 Å². The van der Waals surface area contributed by atoms with E-state index in [2.05, 4.69) is 434 Å². The van der Waals surface area contributed by atoms with Crippen LogP contribution in [0.3, 0.4) is 0 Å². The van der Waals surface area contributed by atoms with Crippen LogP contribution >= 0.6 is 0 Å². The minimum absolute atomic E-state index is 0.874. The molecule has 4 nitrogen and oxygen atoms in total. The fraction of sp³-hybridized carbons (Fsp3) is 0. The van der Waals surface area contributed by atoms with Crippen molar-refractivity contribution in [2.45, 2.75) is 0 Å². The Kier molecular flexibility index (Phi) is 15.9. The summed E-state index contributed by atoms with van der Waals surface area (Å²) in [4.78, 5) is 10.9. The van der Waals surface area contributed by atoms with Gasteiger partial charge >= 0.3 is 0 Å². The molecule has 2 aromatic heterocycles. The van der Waals surface area contributed by atoms with Crippen molar-refractivity contribution < 1.29 is 0 Å². The number of rotatable bonds is 13. The van der Waals surface area contributed by atoms with E-state index >= 15 is 0 Å². The highest BCUT2D eigenvalue weighted by Crippen LogP contribution is 2.51. The van der Waals surface area contributed by atoms with Crippen LogP contribution < -0.4 is 0 Å². The first kappa shape index (κ1) is 65.9. The lowest BCUT2D eigenvalue weighted by molar-refractivity contribution is 1.10. The molecular formula is C110H70N4. The molecule has 2 heterocycles. The van der Waals surface area contributed by atoms with E-state index in [0.717, 1.165) is 106 Å². The smallest absolute Gasteiger partial charge is 0.145 e. The molecule has 0 amide bonds. The normalized spacial score (nSPS) is 11.7. The van der Waals surface area contributed by atoms with Crippen molar-refractivity contribution in [1.29, 1.82) is 0 Å². The number of fused-ring (bicyclic) bond motifs is 8. The Balaban J connectivity index is 0.651. The highest BCUT2D eigenvalue weighted by molar-refractivity contribution is 6.25. The molecule has 0 N–H and O–H groups in total. The number of hydrogen-bond acceptors (Lipinski definition) is 2. The van der Waals surface area contributed by atoms with Crippen LogP contribution in [0.1, 0.15) is 0 Å². The summed E-state index contributed by atoms with van der Waals surface area (Å²) in [6.45, 7) is 0. The van der Waals surface area contributed by atoms with Gasteiger partial charge in [0.25, 0.3) is 0 Å². The maximum atomic E-state index is 5.70. The van der Waals surface area contributed by atoms with Gasteiger partial charge in [0.05, 0.1) is 22.1 Å². The van der Waals surface area contributed by atoms with Gasteiger partial charge in [0.2, 0.25) is 0 Å². The van der Waals surface area contributed by atoms with Crippen molar-refractivity contribution >= 4 is 86.7 Å². The molecular weight excluding hydrogens is 1380 g/mol. The average Bonchev–Trinajstić information content (AvgIpc) is 0.930. The highest BCUT2D eigenvalue weighted by Gasteiger charge is 2.25. The molecule has 0 aliphatic heterocycles. The molecule has 0 bridgehead atoms. The summed E-state index contributed by atoms with van der Waals surface area (Å²) in [5.74, 6) is 1.78. The molecule has 20 aromatic carbocycles. The lowest BCUT2D eigenvalue weighted by Crippen LogP contribution is -1.97. The Labute approximate surface area is 660 Å². The van der Waals surface area contributed by atoms with Gasteiger partial charge in [-0.1, -0.05) is 358 Å². The van der Waals surface area contributed by atoms with Crippen molar-refractivity contribution in [2.75, 3.05) is 0 Å². The Bertz CT molecular complexity index is 7540. The second-order valence-corrected chi connectivity index (χ2v) is 29.8. The predicted octanol–water partition coefficient (Wildman–Crippen LogP) is 29.6. The molecule has 0 spiro atoms. The molecule has 0 saturated heterocycles. The summed E-state index contributed by atoms with van der Waals surface area (Å²) in [5, 5.41) is 14.5. The number of benzene rings is 20. The van der Waals surface area contributed by atoms with Gasteiger partial charge in [-0.2, -0.15) is 0 Å². The number of hydrogen-bond donors (Lipinski definition) is 0. The topological polar surface area (TPSA) is 35.6 Å². The maximum Gasteiger partial charge on any atom is 0.145 e. The molecule has 0 fully saturated rings. The lowest BCUT2D eigenvalue weighted by Gasteiger charge is -2.22. The minimum atomic E-state index is 0.874. The quantitative estimate of drug-likeness (QED) is 0.108. The summed E-state index contributed by atoms with van der Waals surface area (Å²) in [6.07, 6.45) is 0. The molecule has 530 valence electrons. The fourth-order valence-corrected chi connectivity index (χ4v) is 18.0. The zero-order valence-corrected chi connectivity index (χ0v) is 62.2. The van der Waals surface area contributed by atoms with Crippen LogP contribution in [-0.4, -0.2) is 19.1 Å². The molecule has 4 heteroatoms. The second kappa shape index (κ2) is 27.5. The van der Waals surface area contributed by atoms with Gasteiger partial charge in [-0.05, 0) is 226 Å². The standard InChI is InChI=1S/C110H70N4/c1-4-27-75(28-5-1)88-35-14-16-37-91(88)106-95-41-20-21-42-96(95)107(100-70-83(64-66-98(100)106)74-47-57-78(58-48-74)109-111-101-44-22-23-45-102(101)113(109)86-31-6-2-7-32-86)92-38-17-15-36-89(92)76-53-55-77(56-54-76)90-43-24-46-103-108(90)112-110(114(103)87-33-8-3-9-34-87)79-59-49-73(50-60-79)82-63-65-97-99(69-82)105(85-62-52-72-26-11-13-30-81(72)68-85)94-40-19-18-39-93(94)104(97)84-61-51-71-25-10-12-29-80(71)67-84/h1-70H. The zero-order chi connectivity index (χ0) is 75.2. The summed E-state index contributed by atoms with van der Waals surface area (Å²) >= 11 is 0. The van der Waals surface area contributed by atoms with Gasteiger partial charge in [-0.3, -0.25) is 9.13 Å². The molecule has 0 aliphatic rings. The monoisotopic (exact) mass is 1450 g/mol. The SMILES string of the molecule is c1ccc(-c2ccccc2-c2c3ccccc3c(-c3ccccc3-c3ccc(-c4cccc5c4nc(-c4ccc(-c6ccc7c(-c8ccc9ccccc9c8)c8ccccc8c(-c8ccc9ccccc9c8)c7c6)cc4)n5-c4ccccc4)cc3)c3cc(-c4ccc(-c5nc6ccccc6n5-c5ccccc5)cc4)ccc23)cc1. The molecule has 0 aliphatic carbocycles. The van der Waals surface area contributed by atoms with Crippen LogP contribution in [0.15, 0.2) is 425 Å². The summed E-state index contributed by atoms with van der Waals surface area (Å²) in [7, 11) is 0. The van der Waals surface area contributed by atoms with Crippen LogP contribution in [-0.2, 0) is 0 Å². The Morgan fingerprint density at radius 2 is 0.500 bits per heavy atom. The van der Waals surface area contributed by atoms with E-state index in [9.17, 15) is 0 Å². The molecule has 0 radical (unpaired) electrons. The second-order valence-electron chi connectivity index (χ2n) is 29.8. The zero-order valence-electron chi connectivity index (χ0n) is 62.2. The van der Waals surface area contributed by atoms with E-state index in [1.54, 1.807) is 0 Å². The maximum absolute atomic E-state index is 5.70. The van der Waals surface area contributed by atoms with Gasteiger partial charge in [-0.25, -0.2) is 9.97 Å². The van der Waals surface area contributed by atoms with Crippen LogP contribution in [0.4, 0.5) is 0 Å². The van der Waals surface area contributed by atoms with E-state index in [-0.39, 0.29) is 0 Å². The minimum Gasteiger partial charge on any atom is -0.292 e. The first-order valence-electron chi connectivity index (χ1n) is 39.2. The molecule has 0 atom stereocenters.